The maximum Gasteiger partial charge on any atom is 0.230 e. The van der Waals surface area contributed by atoms with Gasteiger partial charge in [-0.25, -0.2) is 0 Å². The Morgan fingerprint density at radius 1 is 1.21 bits per heavy atom. The van der Waals surface area contributed by atoms with Crippen molar-refractivity contribution in [3.63, 3.8) is 0 Å². The molecular formula is C25H32N2O7. The van der Waals surface area contributed by atoms with Crippen LogP contribution in [0.5, 0.6) is 5.75 Å². The molecule has 34 heavy (non-hydrogen) atoms. The Kier molecular flexibility index (Phi) is 6.16. The van der Waals surface area contributed by atoms with Gasteiger partial charge < -0.3 is 26.0 Å². The molecule has 5 N–H and O–H groups in total. The minimum Gasteiger partial charge on any atom is -0.507 e. The third kappa shape index (κ3) is 3.32. The summed E-state index contributed by atoms with van der Waals surface area (Å²) in [4.78, 5) is 54.2. The number of hydrogen-bond donors (Lipinski definition) is 4. The molecule has 3 aliphatic carbocycles. The number of aliphatic hydroxyl groups excluding tert-OH is 1. The number of aromatic hydroxyl groups is 1. The Hall–Kier alpha value is -2.62. The summed E-state index contributed by atoms with van der Waals surface area (Å²) in [6.07, 6.45) is 1.54. The highest BCUT2D eigenvalue weighted by Crippen LogP contribution is 2.51. The van der Waals surface area contributed by atoms with Crippen molar-refractivity contribution in [2.75, 3.05) is 14.1 Å². The quantitative estimate of drug-likeness (QED) is 0.436. The van der Waals surface area contributed by atoms with E-state index in [0.717, 1.165) is 24.8 Å². The van der Waals surface area contributed by atoms with Gasteiger partial charge in [0.2, 0.25) is 5.91 Å². The highest BCUT2D eigenvalue weighted by atomic mass is 16.3. The third-order valence-electron chi connectivity index (χ3n) is 8.07. The molecule has 4 rings (SSSR count). The molecule has 3 unspecified atom stereocenters. The van der Waals surface area contributed by atoms with Gasteiger partial charge in [-0.1, -0.05) is 19.4 Å². The van der Waals surface area contributed by atoms with Crippen LogP contribution in [-0.4, -0.2) is 75.3 Å². The number of nitrogens with two attached hydrogens (primary N) is 1. The SMILES string of the molecule is CCCCc1ccc(O)c2c1C[C@@H]1C[C@@H]3[C@@H](N(C)C)C(O)C(C(N)=O)C(=O)[C@]3(O)C(=O)C1C2=O. The summed E-state index contributed by atoms with van der Waals surface area (Å²) in [5.74, 6) is -8.72. The predicted octanol–water partition coefficient (Wildman–Crippen LogP) is 0.00140. The van der Waals surface area contributed by atoms with Crippen LogP contribution in [0.1, 0.15) is 47.7 Å². The van der Waals surface area contributed by atoms with E-state index in [1.54, 1.807) is 25.1 Å². The van der Waals surface area contributed by atoms with Gasteiger partial charge in [0.05, 0.1) is 17.6 Å². The fourth-order valence-electron chi connectivity index (χ4n) is 6.49. The van der Waals surface area contributed by atoms with Crippen molar-refractivity contribution in [3.05, 3.63) is 28.8 Å². The van der Waals surface area contributed by atoms with Crippen molar-refractivity contribution in [2.45, 2.75) is 56.8 Å². The number of ketones is 3. The molecule has 0 aliphatic heterocycles. The molecule has 3 aliphatic rings. The number of aliphatic hydroxyl groups is 2. The van der Waals surface area contributed by atoms with E-state index in [0.29, 0.717) is 12.0 Å². The van der Waals surface area contributed by atoms with Crippen LogP contribution in [0.2, 0.25) is 0 Å². The molecular weight excluding hydrogens is 440 g/mol. The van der Waals surface area contributed by atoms with Crippen molar-refractivity contribution < 1.29 is 34.5 Å². The van der Waals surface area contributed by atoms with Gasteiger partial charge in [-0.2, -0.15) is 0 Å². The van der Waals surface area contributed by atoms with Crippen LogP contribution < -0.4 is 5.73 Å². The maximum atomic E-state index is 13.7. The summed E-state index contributed by atoms with van der Waals surface area (Å²) in [5.41, 5.74) is 4.46. The molecule has 184 valence electrons. The number of aryl methyl sites for hydroxylation is 1. The number of carbonyl (C=O) groups excluding carboxylic acids is 4. The van der Waals surface area contributed by atoms with Gasteiger partial charge in [-0.05, 0) is 62.9 Å². The Morgan fingerprint density at radius 3 is 2.47 bits per heavy atom. The Labute approximate surface area is 197 Å². The molecule has 2 fully saturated rings. The number of rotatable bonds is 5. The number of amides is 1. The molecule has 0 saturated heterocycles. The van der Waals surface area contributed by atoms with E-state index in [2.05, 4.69) is 6.92 Å². The Bertz CT molecular complexity index is 1070. The maximum absolute atomic E-state index is 13.7. The second-order valence-electron chi connectivity index (χ2n) is 10.2. The lowest BCUT2D eigenvalue weighted by molar-refractivity contribution is -0.190. The summed E-state index contributed by atoms with van der Waals surface area (Å²) < 4.78 is 0. The largest absolute Gasteiger partial charge is 0.507 e. The number of phenolic OH excluding ortho intramolecular Hbond substituents is 1. The van der Waals surface area contributed by atoms with E-state index < -0.39 is 64.7 Å². The smallest absolute Gasteiger partial charge is 0.230 e. The summed E-state index contributed by atoms with van der Waals surface area (Å²) >= 11 is 0. The molecule has 0 radical (unpaired) electrons. The van der Waals surface area contributed by atoms with Gasteiger partial charge in [-0.3, -0.25) is 19.2 Å². The van der Waals surface area contributed by atoms with Crippen molar-refractivity contribution in [3.8, 4) is 5.75 Å². The van der Waals surface area contributed by atoms with E-state index >= 15 is 0 Å². The monoisotopic (exact) mass is 472 g/mol. The first kappa shape index (κ1) is 24.5. The average molecular weight is 473 g/mol. The number of Topliss-reactive ketones (excluding diaryl/α,β-unsaturated/α-hetero) is 3. The molecule has 9 heteroatoms. The van der Waals surface area contributed by atoms with Crippen LogP contribution in [0.15, 0.2) is 12.1 Å². The van der Waals surface area contributed by atoms with Gasteiger partial charge in [-0.15, -0.1) is 0 Å². The molecule has 0 spiro atoms. The molecule has 1 aromatic rings. The van der Waals surface area contributed by atoms with Gasteiger partial charge in [0.25, 0.3) is 0 Å². The lowest BCUT2D eigenvalue weighted by Crippen LogP contribution is -2.75. The van der Waals surface area contributed by atoms with Crippen molar-refractivity contribution in [1.29, 1.82) is 0 Å². The fraction of sp³-hybridized carbons (Fsp3) is 0.600. The molecule has 0 heterocycles. The summed E-state index contributed by atoms with van der Waals surface area (Å²) in [5, 5.41) is 33.0. The van der Waals surface area contributed by atoms with E-state index in [9.17, 15) is 34.5 Å². The zero-order chi connectivity index (χ0) is 25.1. The van der Waals surface area contributed by atoms with E-state index in [1.165, 1.54) is 6.07 Å². The number of hydrogen-bond acceptors (Lipinski definition) is 8. The van der Waals surface area contributed by atoms with Crippen LogP contribution in [0.4, 0.5) is 0 Å². The first-order valence-corrected chi connectivity index (χ1v) is 11.8. The number of fused-ring (bicyclic) bond motifs is 3. The number of carbonyl (C=O) groups is 4. The number of phenols is 1. The van der Waals surface area contributed by atoms with Gasteiger partial charge >= 0.3 is 0 Å². The number of unbranched alkanes of at least 4 members (excludes halogenated alkanes) is 1. The lowest BCUT2D eigenvalue weighted by atomic mass is 9.52. The first-order valence-electron chi connectivity index (χ1n) is 11.8. The number of nitrogens with zero attached hydrogens (tertiary/aromatic N) is 1. The summed E-state index contributed by atoms with van der Waals surface area (Å²) in [6, 6.07) is 2.34. The molecule has 2 saturated carbocycles. The molecule has 0 aromatic heterocycles. The number of primary amides is 1. The highest BCUT2D eigenvalue weighted by molar-refractivity contribution is 6.25. The standard InChI is InChI=1S/C25H32N2O7/c1-4-5-6-11-7-8-15(28)17-13(11)9-12-10-14-19(27(2)3)21(30)18(24(26)33)23(32)25(14,34)22(31)16(12)20(17)29/h7-8,12,14,16,18-19,21,28,30,34H,4-6,9-10H2,1-3H3,(H2,26,33)/t12-,14-,16?,18?,19-,21?,25-/m1/s1. The van der Waals surface area contributed by atoms with E-state index in [1.807, 2.05) is 0 Å². The van der Waals surface area contributed by atoms with E-state index in [4.69, 9.17) is 5.73 Å². The van der Waals surface area contributed by atoms with Crippen molar-refractivity contribution in [2.24, 2.45) is 29.4 Å². The fourth-order valence-corrected chi connectivity index (χ4v) is 6.49. The van der Waals surface area contributed by atoms with Gasteiger partial charge in [0.15, 0.2) is 23.0 Å². The average Bonchev–Trinajstić information content (AvgIpc) is 2.75. The minimum atomic E-state index is -2.63. The zero-order valence-corrected chi connectivity index (χ0v) is 19.7. The van der Waals surface area contributed by atoms with Gasteiger partial charge in [0, 0.05) is 12.0 Å². The Balaban J connectivity index is 1.84. The number of likely N-dealkylation sites (N-methyl/N-ethyl adjacent to an activating group) is 1. The van der Waals surface area contributed by atoms with Crippen LogP contribution in [0.25, 0.3) is 0 Å². The molecule has 7 atom stereocenters. The highest BCUT2D eigenvalue weighted by Gasteiger charge is 2.69. The minimum absolute atomic E-state index is 0.0733. The van der Waals surface area contributed by atoms with Crippen LogP contribution in [0.3, 0.4) is 0 Å². The summed E-state index contributed by atoms with van der Waals surface area (Å²) in [6.45, 7) is 2.06. The Morgan fingerprint density at radius 2 is 1.88 bits per heavy atom. The molecule has 9 nitrogen and oxygen atoms in total. The normalized spacial score (nSPS) is 35.1. The second kappa shape index (κ2) is 8.55. The summed E-state index contributed by atoms with van der Waals surface area (Å²) in [7, 11) is 3.25. The lowest BCUT2D eigenvalue weighted by Gasteiger charge is -2.54. The second-order valence-corrected chi connectivity index (χ2v) is 10.2. The zero-order valence-electron chi connectivity index (χ0n) is 19.7. The molecule has 0 bridgehead atoms. The first-order chi connectivity index (χ1) is 16.0. The van der Waals surface area contributed by atoms with Crippen LogP contribution >= 0.6 is 0 Å². The topological polar surface area (TPSA) is 158 Å². The van der Waals surface area contributed by atoms with Crippen molar-refractivity contribution in [1.82, 2.24) is 4.90 Å². The van der Waals surface area contributed by atoms with Gasteiger partial charge in [0.1, 0.15) is 11.7 Å². The van der Waals surface area contributed by atoms with Crippen LogP contribution in [-0.2, 0) is 27.2 Å². The molecule has 1 amide bonds. The van der Waals surface area contributed by atoms with Crippen LogP contribution in [0, 0.1) is 23.7 Å². The van der Waals surface area contributed by atoms with E-state index in [-0.39, 0.29) is 17.7 Å². The molecule has 1 aromatic carbocycles. The predicted molar refractivity (Wildman–Crippen MR) is 121 cm³/mol. The van der Waals surface area contributed by atoms with Crippen molar-refractivity contribution >= 4 is 23.3 Å². The number of benzene rings is 1. The third-order valence-corrected chi connectivity index (χ3v) is 8.07.